The van der Waals surface area contributed by atoms with Gasteiger partial charge in [-0.2, -0.15) is 0 Å². The van der Waals surface area contributed by atoms with Crippen molar-refractivity contribution in [1.29, 1.82) is 0 Å². The fourth-order valence-electron chi connectivity index (χ4n) is 2.96. The second-order valence-corrected chi connectivity index (χ2v) is 7.20. The highest BCUT2D eigenvalue weighted by molar-refractivity contribution is 6.36. The van der Waals surface area contributed by atoms with Crippen LogP contribution >= 0.6 is 23.2 Å². The van der Waals surface area contributed by atoms with E-state index in [9.17, 15) is 5.11 Å². The molecule has 3 nitrogen and oxygen atoms in total. The van der Waals surface area contributed by atoms with Crippen molar-refractivity contribution in [2.45, 2.75) is 32.8 Å². The van der Waals surface area contributed by atoms with E-state index in [1.165, 1.54) is 0 Å². The number of hydrogen-bond donors (Lipinski definition) is 1. The molecule has 0 fully saturated rings. The topological polar surface area (TPSA) is 42.4 Å². The van der Waals surface area contributed by atoms with Crippen LogP contribution in [0.1, 0.15) is 36.1 Å². The van der Waals surface area contributed by atoms with Crippen molar-refractivity contribution in [3.63, 3.8) is 0 Å². The number of fused-ring (bicyclic) bond motifs is 1. The first-order valence-corrected chi connectivity index (χ1v) is 9.33. The Balaban J connectivity index is 1.91. The normalized spacial score (nSPS) is 12.3. The smallest absolute Gasteiger partial charge is 0.146 e. The highest BCUT2D eigenvalue weighted by Crippen LogP contribution is 2.35. The van der Waals surface area contributed by atoms with Crippen LogP contribution in [0.2, 0.25) is 10.0 Å². The van der Waals surface area contributed by atoms with Crippen molar-refractivity contribution in [3.05, 3.63) is 69.3 Å². The molecule has 0 spiro atoms. The van der Waals surface area contributed by atoms with Gasteiger partial charge in [0.25, 0.3) is 0 Å². The van der Waals surface area contributed by atoms with Crippen LogP contribution in [0.15, 0.2) is 42.5 Å². The van der Waals surface area contributed by atoms with Crippen molar-refractivity contribution in [1.82, 2.24) is 4.98 Å². The number of aliphatic hydroxyl groups excluding tert-OH is 1. The Labute approximate surface area is 163 Å². The number of halogens is 2. The van der Waals surface area contributed by atoms with E-state index in [4.69, 9.17) is 27.9 Å². The molecule has 136 valence electrons. The van der Waals surface area contributed by atoms with Crippen molar-refractivity contribution in [3.8, 4) is 5.75 Å². The zero-order chi connectivity index (χ0) is 18.7. The van der Waals surface area contributed by atoms with Gasteiger partial charge in [-0.25, -0.2) is 4.98 Å². The Morgan fingerprint density at radius 1 is 1.12 bits per heavy atom. The molecule has 3 rings (SSSR count). The summed E-state index contributed by atoms with van der Waals surface area (Å²) in [6.07, 6.45) is 0.647. The van der Waals surface area contributed by atoms with Crippen LogP contribution in [0, 0.1) is 6.92 Å². The van der Waals surface area contributed by atoms with Crippen LogP contribution in [-0.4, -0.2) is 16.7 Å². The first-order chi connectivity index (χ1) is 12.5. The maximum absolute atomic E-state index is 9.19. The average molecular weight is 390 g/mol. The number of aromatic nitrogens is 1. The largest absolute Gasteiger partial charge is 0.487 e. The van der Waals surface area contributed by atoms with Gasteiger partial charge < -0.3 is 9.84 Å². The molecule has 0 aliphatic carbocycles. The van der Waals surface area contributed by atoms with Crippen LogP contribution in [0.4, 0.5) is 0 Å². The Hall–Kier alpha value is -1.81. The molecule has 0 aliphatic rings. The summed E-state index contributed by atoms with van der Waals surface area (Å²) in [5.74, 6) is 0.845. The fourth-order valence-corrected chi connectivity index (χ4v) is 3.63. The zero-order valence-electron chi connectivity index (χ0n) is 14.8. The molecule has 0 bridgehead atoms. The van der Waals surface area contributed by atoms with Gasteiger partial charge in [-0.15, -0.1) is 0 Å². The first kappa shape index (κ1) is 19.0. The second-order valence-electron chi connectivity index (χ2n) is 6.41. The molecule has 2 aromatic carbocycles. The summed E-state index contributed by atoms with van der Waals surface area (Å²) in [7, 11) is 0. The molecule has 0 saturated heterocycles. The summed E-state index contributed by atoms with van der Waals surface area (Å²) in [4.78, 5) is 4.58. The number of hydrogen-bond acceptors (Lipinski definition) is 3. The molecule has 0 amide bonds. The van der Waals surface area contributed by atoms with Crippen LogP contribution in [0.3, 0.4) is 0 Å². The molecular weight excluding hydrogens is 369 g/mol. The van der Waals surface area contributed by atoms with E-state index >= 15 is 0 Å². The predicted octanol–water partition coefficient (Wildman–Crippen LogP) is 5.91. The summed E-state index contributed by atoms with van der Waals surface area (Å²) < 4.78 is 6.04. The third-order valence-corrected chi connectivity index (χ3v) is 5.30. The standard InChI is InChI=1S/C21H21Cl2NO2/c1-13(10-11-25)16-8-9-18(22)17(20(16)23)12-26-19-5-3-4-15-7-6-14(2)24-21(15)19/h3-9,13,25H,10-12H2,1-2H3. The molecule has 5 heteroatoms. The van der Waals surface area contributed by atoms with Gasteiger partial charge in [-0.05, 0) is 43.0 Å². The van der Waals surface area contributed by atoms with E-state index in [-0.39, 0.29) is 19.1 Å². The van der Waals surface area contributed by atoms with Crippen LogP contribution < -0.4 is 4.74 Å². The third kappa shape index (κ3) is 3.96. The molecule has 0 saturated carbocycles. The average Bonchev–Trinajstić information content (AvgIpc) is 2.62. The number of para-hydroxylation sites is 1. The maximum Gasteiger partial charge on any atom is 0.146 e. The summed E-state index contributed by atoms with van der Waals surface area (Å²) in [6.45, 7) is 4.36. The van der Waals surface area contributed by atoms with Crippen LogP contribution in [0.25, 0.3) is 10.9 Å². The Morgan fingerprint density at radius 2 is 1.92 bits per heavy atom. The SMILES string of the molecule is Cc1ccc2cccc(OCc3c(Cl)ccc(C(C)CCO)c3Cl)c2n1. The number of aliphatic hydroxyl groups is 1. The lowest BCUT2D eigenvalue weighted by atomic mass is 9.96. The number of rotatable bonds is 6. The van der Waals surface area contributed by atoms with E-state index in [1.807, 2.05) is 56.3 Å². The first-order valence-electron chi connectivity index (χ1n) is 8.58. The van der Waals surface area contributed by atoms with E-state index in [0.717, 1.165) is 27.7 Å². The number of aryl methyl sites for hydroxylation is 1. The number of ether oxygens (including phenoxy) is 1. The predicted molar refractivity (Wildman–Crippen MR) is 107 cm³/mol. The Morgan fingerprint density at radius 3 is 2.69 bits per heavy atom. The lowest BCUT2D eigenvalue weighted by molar-refractivity contribution is 0.278. The van der Waals surface area contributed by atoms with E-state index < -0.39 is 0 Å². The highest BCUT2D eigenvalue weighted by Gasteiger charge is 2.16. The minimum Gasteiger partial charge on any atom is -0.487 e. The van der Waals surface area contributed by atoms with Gasteiger partial charge in [-0.1, -0.05) is 54.4 Å². The molecule has 3 aromatic rings. The van der Waals surface area contributed by atoms with Crippen molar-refractivity contribution in [2.75, 3.05) is 6.61 Å². The van der Waals surface area contributed by atoms with Crippen molar-refractivity contribution >= 4 is 34.1 Å². The third-order valence-electron chi connectivity index (χ3n) is 4.50. The van der Waals surface area contributed by atoms with Gasteiger partial charge in [0, 0.05) is 28.3 Å². The number of benzene rings is 2. The second kappa shape index (κ2) is 8.26. The summed E-state index contributed by atoms with van der Waals surface area (Å²) in [5.41, 5.74) is 3.48. The molecule has 1 heterocycles. The minimum absolute atomic E-state index is 0.118. The van der Waals surface area contributed by atoms with Gasteiger partial charge in [0.1, 0.15) is 17.9 Å². The highest BCUT2D eigenvalue weighted by atomic mass is 35.5. The number of pyridine rings is 1. The lowest BCUT2D eigenvalue weighted by Crippen LogP contribution is -2.03. The van der Waals surface area contributed by atoms with E-state index in [2.05, 4.69) is 4.98 Å². The monoisotopic (exact) mass is 389 g/mol. The molecule has 26 heavy (non-hydrogen) atoms. The molecule has 0 aliphatic heterocycles. The summed E-state index contributed by atoms with van der Waals surface area (Å²) in [5, 5.41) is 11.4. The summed E-state index contributed by atoms with van der Waals surface area (Å²) >= 11 is 13.0. The number of nitrogens with zero attached hydrogens (tertiary/aromatic N) is 1. The lowest BCUT2D eigenvalue weighted by Gasteiger charge is -2.17. The molecule has 1 atom stereocenters. The van der Waals surface area contributed by atoms with Gasteiger partial charge in [0.15, 0.2) is 0 Å². The van der Waals surface area contributed by atoms with E-state index in [1.54, 1.807) is 0 Å². The fraction of sp³-hybridized carbons (Fsp3) is 0.286. The van der Waals surface area contributed by atoms with Gasteiger partial charge in [0.05, 0.1) is 5.02 Å². The molecule has 0 radical (unpaired) electrons. The van der Waals surface area contributed by atoms with Crippen molar-refractivity contribution in [2.24, 2.45) is 0 Å². The minimum atomic E-state index is 0.118. The Bertz CT molecular complexity index is 927. The molecular formula is C21H21Cl2NO2. The van der Waals surface area contributed by atoms with Crippen LogP contribution in [-0.2, 0) is 6.61 Å². The van der Waals surface area contributed by atoms with E-state index in [0.29, 0.717) is 22.2 Å². The summed E-state index contributed by atoms with van der Waals surface area (Å²) in [6, 6.07) is 13.6. The Kier molecular flexibility index (Phi) is 6.02. The maximum atomic E-state index is 9.19. The van der Waals surface area contributed by atoms with Crippen LogP contribution in [0.5, 0.6) is 5.75 Å². The molecule has 1 aromatic heterocycles. The quantitative estimate of drug-likeness (QED) is 0.569. The van der Waals surface area contributed by atoms with Gasteiger partial charge >= 0.3 is 0 Å². The van der Waals surface area contributed by atoms with Gasteiger partial charge in [0.2, 0.25) is 0 Å². The molecule has 1 N–H and O–H groups in total. The van der Waals surface area contributed by atoms with Crippen molar-refractivity contribution < 1.29 is 9.84 Å². The molecule has 1 unspecified atom stereocenters. The van der Waals surface area contributed by atoms with Gasteiger partial charge in [-0.3, -0.25) is 0 Å². The zero-order valence-corrected chi connectivity index (χ0v) is 16.3.